The summed E-state index contributed by atoms with van der Waals surface area (Å²) in [6, 6.07) is 13.9. The first-order valence-corrected chi connectivity index (χ1v) is 12.9. The highest BCUT2D eigenvalue weighted by Gasteiger charge is 2.30. The lowest BCUT2D eigenvalue weighted by molar-refractivity contribution is -0.139. The van der Waals surface area contributed by atoms with Gasteiger partial charge < -0.3 is 10.2 Å². The average molecular weight is 474 g/mol. The van der Waals surface area contributed by atoms with E-state index in [-0.39, 0.29) is 18.4 Å². The van der Waals surface area contributed by atoms with E-state index in [0.29, 0.717) is 12.2 Å². The molecule has 8 heteroatoms. The van der Waals surface area contributed by atoms with Gasteiger partial charge in [0, 0.05) is 13.1 Å². The minimum absolute atomic E-state index is 0.197. The lowest BCUT2D eigenvalue weighted by Crippen LogP contribution is -2.51. The van der Waals surface area contributed by atoms with E-state index in [1.807, 2.05) is 52.0 Å². The SMILES string of the molecule is Cc1ccc(N(CC(=O)N(Cc2cccc(C)c2)[C@@H](C)C(=O)NCC(C)C)S(C)(=O)=O)cc1. The van der Waals surface area contributed by atoms with E-state index in [2.05, 4.69) is 5.32 Å². The molecule has 2 rings (SSSR count). The Kier molecular flexibility index (Phi) is 9.05. The van der Waals surface area contributed by atoms with E-state index >= 15 is 0 Å². The molecule has 2 aromatic rings. The monoisotopic (exact) mass is 473 g/mol. The van der Waals surface area contributed by atoms with Crippen molar-refractivity contribution in [2.75, 3.05) is 23.7 Å². The Labute approximate surface area is 197 Å². The quantitative estimate of drug-likeness (QED) is 0.574. The highest BCUT2D eigenvalue weighted by molar-refractivity contribution is 7.92. The zero-order valence-electron chi connectivity index (χ0n) is 20.3. The fourth-order valence-electron chi connectivity index (χ4n) is 3.37. The van der Waals surface area contributed by atoms with Crippen molar-refractivity contribution in [2.24, 2.45) is 5.92 Å². The van der Waals surface area contributed by atoms with Gasteiger partial charge in [0.05, 0.1) is 11.9 Å². The second-order valence-electron chi connectivity index (χ2n) is 8.93. The number of hydrogen-bond acceptors (Lipinski definition) is 4. The molecule has 2 amide bonds. The van der Waals surface area contributed by atoms with Gasteiger partial charge in [-0.2, -0.15) is 0 Å². The molecule has 0 aliphatic carbocycles. The highest BCUT2D eigenvalue weighted by Crippen LogP contribution is 2.20. The maximum atomic E-state index is 13.5. The molecule has 0 heterocycles. The molecule has 33 heavy (non-hydrogen) atoms. The largest absolute Gasteiger partial charge is 0.354 e. The van der Waals surface area contributed by atoms with Gasteiger partial charge in [-0.05, 0) is 44.4 Å². The molecule has 0 aromatic heterocycles. The van der Waals surface area contributed by atoms with Gasteiger partial charge in [0.1, 0.15) is 12.6 Å². The van der Waals surface area contributed by atoms with E-state index < -0.39 is 28.5 Å². The summed E-state index contributed by atoms with van der Waals surface area (Å²) in [5, 5.41) is 2.87. The standard InChI is InChI=1S/C25H35N3O4S/c1-18(2)15-26-25(30)21(5)27(16-22-9-7-8-20(4)14-22)24(29)17-28(33(6,31)32)23-12-10-19(3)11-13-23/h7-14,18,21H,15-17H2,1-6H3,(H,26,30)/t21-/m0/s1. The summed E-state index contributed by atoms with van der Waals surface area (Å²) in [6.07, 6.45) is 1.07. The van der Waals surface area contributed by atoms with Crippen LogP contribution in [0.4, 0.5) is 5.69 Å². The Balaban J connectivity index is 2.35. The molecule has 1 atom stereocenters. The molecule has 1 N–H and O–H groups in total. The lowest BCUT2D eigenvalue weighted by Gasteiger charge is -2.31. The summed E-state index contributed by atoms with van der Waals surface area (Å²) >= 11 is 0. The van der Waals surface area contributed by atoms with Crippen LogP contribution >= 0.6 is 0 Å². The molecule has 0 spiro atoms. The van der Waals surface area contributed by atoms with E-state index in [0.717, 1.165) is 27.3 Å². The molecule has 0 saturated heterocycles. The number of carbonyl (C=O) groups is 2. The minimum atomic E-state index is -3.72. The predicted octanol–water partition coefficient (Wildman–Crippen LogP) is 3.26. The summed E-state index contributed by atoms with van der Waals surface area (Å²) in [4.78, 5) is 27.7. The Morgan fingerprint density at radius 2 is 1.61 bits per heavy atom. The van der Waals surface area contributed by atoms with E-state index in [4.69, 9.17) is 0 Å². The van der Waals surface area contributed by atoms with Gasteiger partial charge in [-0.25, -0.2) is 8.42 Å². The third-order valence-electron chi connectivity index (χ3n) is 5.29. The van der Waals surface area contributed by atoms with Gasteiger partial charge >= 0.3 is 0 Å². The van der Waals surface area contributed by atoms with E-state index in [1.54, 1.807) is 31.2 Å². The second kappa shape index (κ2) is 11.3. The van der Waals surface area contributed by atoms with Gasteiger partial charge in [0.15, 0.2) is 0 Å². The first-order valence-electron chi connectivity index (χ1n) is 11.1. The fourth-order valence-corrected chi connectivity index (χ4v) is 4.22. The number of nitrogens with zero attached hydrogens (tertiary/aromatic N) is 2. The van der Waals surface area contributed by atoms with Gasteiger partial charge in [0.2, 0.25) is 21.8 Å². The molecule has 0 saturated carbocycles. The van der Waals surface area contributed by atoms with Crippen LogP contribution in [0.15, 0.2) is 48.5 Å². The predicted molar refractivity (Wildman–Crippen MR) is 132 cm³/mol. The maximum absolute atomic E-state index is 13.5. The average Bonchev–Trinajstić information content (AvgIpc) is 2.73. The van der Waals surface area contributed by atoms with Crippen LogP contribution < -0.4 is 9.62 Å². The summed E-state index contributed by atoms with van der Waals surface area (Å²) < 4.78 is 26.2. The maximum Gasteiger partial charge on any atom is 0.244 e. The molecule has 180 valence electrons. The van der Waals surface area contributed by atoms with Crippen molar-refractivity contribution in [3.05, 3.63) is 65.2 Å². The highest BCUT2D eigenvalue weighted by atomic mass is 32.2. The Morgan fingerprint density at radius 3 is 2.15 bits per heavy atom. The van der Waals surface area contributed by atoms with E-state index in [1.165, 1.54) is 4.90 Å². The molecular weight excluding hydrogens is 438 g/mol. The van der Waals surface area contributed by atoms with Gasteiger partial charge in [-0.3, -0.25) is 13.9 Å². The molecular formula is C25H35N3O4S. The van der Waals surface area contributed by atoms with E-state index in [9.17, 15) is 18.0 Å². The molecule has 2 aromatic carbocycles. The number of rotatable bonds is 10. The lowest BCUT2D eigenvalue weighted by atomic mass is 10.1. The topological polar surface area (TPSA) is 86.8 Å². The zero-order chi connectivity index (χ0) is 24.8. The minimum Gasteiger partial charge on any atom is -0.354 e. The number of amides is 2. The molecule has 7 nitrogen and oxygen atoms in total. The summed E-state index contributed by atoms with van der Waals surface area (Å²) in [5.41, 5.74) is 3.29. The normalized spacial score (nSPS) is 12.3. The first-order chi connectivity index (χ1) is 15.4. The molecule has 0 aliphatic heterocycles. The number of anilines is 1. The first kappa shape index (κ1) is 26.4. The molecule has 0 unspecified atom stereocenters. The van der Waals surface area contributed by atoms with Crippen LogP contribution in [0.3, 0.4) is 0 Å². The second-order valence-corrected chi connectivity index (χ2v) is 10.8. The molecule has 0 fully saturated rings. The van der Waals surface area contributed by atoms with Crippen LogP contribution in [-0.2, 0) is 26.2 Å². The van der Waals surface area contributed by atoms with Crippen LogP contribution in [0, 0.1) is 19.8 Å². The third-order valence-corrected chi connectivity index (χ3v) is 6.43. The van der Waals surface area contributed by atoms with Crippen molar-refractivity contribution in [2.45, 2.75) is 47.2 Å². The molecule has 0 radical (unpaired) electrons. The number of aryl methyl sites for hydroxylation is 2. The van der Waals surface area contributed by atoms with Crippen molar-refractivity contribution < 1.29 is 18.0 Å². The van der Waals surface area contributed by atoms with Crippen LogP contribution in [-0.4, -0.2) is 50.5 Å². The molecule has 0 bridgehead atoms. The van der Waals surface area contributed by atoms with Crippen molar-refractivity contribution in [1.82, 2.24) is 10.2 Å². The van der Waals surface area contributed by atoms with Crippen molar-refractivity contribution in [3.63, 3.8) is 0 Å². The van der Waals surface area contributed by atoms with Crippen LogP contribution in [0.5, 0.6) is 0 Å². The summed E-state index contributed by atoms with van der Waals surface area (Å²) in [5.74, 6) is -0.454. The van der Waals surface area contributed by atoms with Gasteiger partial charge in [-0.15, -0.1) is 0 Å². The number of sulfonamides is 1. The number of nitrogens with one attached hydrogen (secondary N) is 1. The Bertz CT molecular complexity index is 1070. The smallest absolute Gasteiger partial charge is 0.244 e. The van der Waals surface area contributed by atoms with Crippen molar-refractivity contribution >= 4 is 27.5 Å². The number of carbonyl (C=O) groups excluding carboxylic acids is 2. The van der Waals surface area contributed by atoms with Crippen LogP contribution in [0.25, 0.3) is 0 Å². The van der Waals surface area contributed by atoms with Crippen LogP contribution in [0.2, 0.25) is 0 Å². The summed E-state index contributed by atoms with van der Waals surface area (Å²) in [7, 11) is -3.72. The third kappa shape index (κ3) is 7.89. The number of hydrogen-bond donors (Lipinski definition) is 1. The zero-order valence-corrected chi connectivity index (χ0v) is 21.1. The Hall–Kier alpha value is -2.87. The van der Waals surface area contributed by atoms with Crippen molar-refractivity contribution in [1.29, 1.82) is 0 Å². The Morgan fingerprint density at radius 1 is 0.970 bits per heavy atom. The number of benzene rings is 2. The van der Waals surface area contributed by atoms with Gasteiger partial charge in [0.25, 0.3) is 0 Å². The molecule has 0 aliphatic rings. The summed E-state index contributed by atoms with van der Waals surface area (Å²) in [6.45, 7) is 9.81. The van der Waals surface area contributed by atoms with Gasteiger partial charge in [-0.1, -0.05) is 61.4 Å². The van der Waals surface area contributed by atoms with Crippen LogP contribution in [0.1, 0.15) is 37.5 Å². The fraction of sp³-hybridized carbons (Fsp3) is 0.440. The van der Waals surface area contributed by atoms with Crippen molar-refractivity contribution in [3.8, 4) is 0 Å².